The van der Waals surface area contributed by atoms with Gasteiger partial charge in [0.05, 0.1) is 28.9 Å². The molecule has 1 aromatic heterocycles. The van der Waals surface area contributed by atoms with Crippen LogP contribution < -0.4 is 10.2 Å². The van der Waals surface area contributed by atoms with Crippen molar-refractivity contribution >= 4 is 35.2 Å². The number of hydrogen-bond acceptors (Lipinski definition) is 5. The number of urea groups is 1. The van der Waals surface area contributed by atoms with Crippen molar-refractivity contribution in [1.82, 2.24) is 20.0 Å². The molecular weight excluding hydrogens is 482 g/mol. The number of halogens is 1. The summed E-state index contributed by atoms with van der Waals surface area (Å²) < 4.78 is 6.58. The maximum atomic E-state index is 13.8. The number of para-hydroxylation sites is 1. The van der Waals surface area contributed by atoms with E-state index in [1.165, 1.54) is 0 Å². The van der Waals surface area contributed by atoms with Crippen molar-refractivity contribution < 1.29 is 19.1 Å². The number of anilines is 1. The molecule has 0 fully saturated rings. The van der Waals surface area contributed by atoms with E-state index in [9.17, 15) is 14.4 Å². The van der Waals surface area contributed by atoms with Gasteiger partial charge in [-0.25, -0.2) is 9.48 Å². The Bertz CT molecular complexity index is 1250. The monoisotopic (exact) mass is 509 g/mol. The molecule has 0 aliphatic carbocycles. The number of aromatic nitrogens is 2. The molecule has 0 saturated carbocycles. The molecule has 3 aromatic rings. The minimum Gasteiger partial charge on any atom is -0.465 e. The second-order valence-corrected chi connectivity index (χ2v) is 8.72. The maximum absolute atomic E-state index is 13.8. The minimum absolute atomic E-state index is 0.220. The highest BCUT2D eigenvalue weighted by molar-refractivity contribution is 6.34. The third kappa shape index (κ3) is 5.36. The molecule has 10 heteroatoms. The van der Waals surface area contributed by atoms with Gasteiger partial charge in [0.15, 0.2) is 0 Å². The maximum Gasteiger partial charge on any atom is 0.325 e. The number of esters is 1. The number of carbonyl (C=O) groups is 3. The van der Waals surface area contributed by atoms with Crippen LogP contribution in [0, 0.1) is 0 Å². The SMILES string of the molecule is CCOC(=O)CNC(=O)N1Cc2ccccc2N(C(=O)c2ccc(-n3cccn3)cc2Cl)C[C@H]1CC. The fourth-order valence-electron chi connectivity index (χ4n) is 4.26. The van der Waals surface area contributed by atoms with Crippen molar-refractivity contribution in [3.63, 3.8) is 0 Å². The molecule has 4 rings (SSSR count). The van der Waals surface area contributed by atoms with Crippen molar-refractivity contribution in [3.05, 3.63) is 77.1 Å². The summed E-state index contributed by atoms with van der Waals surface area (Å²) in [4.78, 5) is 41.9. The zero-order chi connectivity index (χ0) is 25.7. The van der Waals surface area contributed by atoms with Crippen molar-refractivity contribution in [2.24, 2.45) is 0 Å². The van der Waals surface area contributed by atoms with Crippen LogP contribution in [0.3, 0.4) is 0 Å². The van der Waals surface area contributed by atoms with Gasteiger partial charge in [-0.15, -0.1) is 0 Å². The molecule has 2 heterocycles. The van der Waals surface area contributed by atoms with E-state index in [1.807, 2.05) is 31.2 Å². The molecule has 1 aliphatic heterocycles. The van der Waals surface area contributed by atoms with Gasteiger partial charge in [0, 0.05) is 31.2 Å². The molecule has 36 heavy (non-hydrogen) atoms. The van der Waals surface area contributed by atoms with Crippen LogP contribution in [-0.2, 0) is 16.1 Å². The summed E-state index contributed by atoms with van der Waals surface area (Å²) in [5.41, 5.74) is 2.64. The molecule has 1 atom stereocenters. The van der Waals surface area contributed by atoms with E-state index in [0.717, 1.165) is 11.3 Å². The Hall–Kier alpha value is -3.85. The second-order valence-electron chi connectivity index (χ2n) is 8.31. The summed E-state index contributed by atoms with van der Waals surface area (Å²) in [6.45, 7) is 4.26. The van der Waals surface area contributed by atoms with E-state index in [1.54, 1.807) is 58.1 Å². The van der Waals surface area contributed by atoms with Crippen LogP contribution in [0.25, 0.3) is 5.69 Å². The first-order valence-electron chi connectivity index (χ1n) is 11.8. The molecule has 9 nitrogen and oxygen atoms in total. The van der Waals surface area contributed by atoms with Crippen molar-refractivity contribution in [2.75, 3.05) is 24.6 Å². The number of nitrogens with zero attached hydrogens (tertiary/aromatic N) is 4. The van der Waals surface area contributed by atoms with Gasteiger partial charge in [0.2, 0.25) is 0 Å². The fourth-order valence-corrected chi connectivity index (χ4v) is 4.51. The minimum atomic E-state index is -0.501. The van der Waals surface area contributed by atoms with Gasteiger partial charge in [-0.3, -0.25) is 9.59 Å². The summed E-state index contributed by atoms with van der Waals surface area (Å²) in [6.07, 6.45) is 4.07. The van der Waals surface area contributed by atoms with Crippen LogP contribution in [-0.4, -0.2) is 58.3 Å². The van der Waals surface area contributed by atoms with Gasteiger partial charge in [-0.2, -0.15) is 5.10 Å². The van der Waals surface area contributed by atoms with Crippen molar-refractivity contribution in [3.8, 4) is 5.69 Å². The molecule has 1 N–H and O–H groups in total. The molecule has 1 aliphatic rings. The summed E-state index contributed by atoms with van der Waals surface area (Å²) in [6, 6.07) is 13.8. The Balaban J connectivity index is 1.62. The number of nitrogens with one attached hydrogen (secondary N) is 1. The molecule has 3 amide bonds. The van der Waals surface area contributed by atoms with Gasteiger partial charge in [-0.1, -0.05) is 36.7 Å². The number of amides is 3. The van der Waals surface area contributed by atoms with E-state index in [4.69, 9.17) is 16.3 Å². The van der Waals surface area contributed by atoms with Gasteiger partial charge < -0.3 is 19.9 Å². The van der Waals surface area contributed by atoms with Crippen molar-refractivity contribution in [2.45, 2.75) is 32.9 Å². The van der Waals surface area contributed by atoms with Gasteiger partial charge >= 0.3 is 12.0 Å². The molecule has 2 aromatic carbocycles. The summed E-state index contributed by atoms with van der Waals surface area (Å²) >= 11 is 6.57. The van der Waals surface area contributed by atoms with Crippen LogP contribution in [0.5, 0.6) is 0 Å². The molecule has 0 spiro atoms. The molecule has 0 unspecified atom stereocenters. The fraction of sp³-hybridized carbons (Fsp3) is 0.308. The van der Waals surface area contributed by atoms with Crippen LogP contribution in [0.1, 0.15) is 36.2 Å². The number of benzene rings is 2. The highest BCUT2D eigenvalue weighted by Crippen LogP contribution is 2.31. The first-order chi connectivity index (χ1) is 17.4. The summed E-state index contributed by atoms with van der Waals surface area (Å²) in [7, 11) is 0. The summed E-state index contributed by atoms with van der Waals surface area (Å²) in [5.74, 6) is -0.758. The number of carbonyl (C=O) groups excluding carboxylic acids is 3. The predicted octanol–water partition coefficient (Wildman–Crippen LogP) is 4.04. The van der Waals surface area contributed by atoms with E-state index in [2.05, 4.69) is 10.4 Å². The Kier molecular flexibility index (Phi) is 7.90. The lowest BCUT2D eigenvalue weighted by Gasteiger charge is -2.31. The Morgan fingerprint density at radius 3 is 2.64 bits per heavy atom. The topological polar surface area (TPSA) is 96.8 Å². The van der Waals surface area contributed by atoms with Gasteiger partial charge in [0.25, 0.3) is 5.91 Å². The quantitative estimate of drug-likeness (QED) is 0.506. The molecule has 0 saturated heterocycles. The van der Waals surface area contributed by atoms with Crippen LogP contribution >= 0.6 is 11.6 Å². The lowest BCUT2D eigenvalue weighted by atomic mass is 10.1. The molecule has 0 bridgehead atoms. The summed E-state index contributed by atoms with van der Waals surface area (Å²) in [5, 5.41) is 7.16. The van der Waals surface area contributed by atoms with Gasteiger partial charge in [0.1, 0.15) is 6.54 Å². The standard InChI is InChI=1S/C26H28ClN5O4/c1-3-19-17-31(25(34)21-11-10-20(14-22(21)27)32-13-7-12-29-32)23-9-6-5-8-18(23)16-30(19)26(35)28-15-24(33)36-4-2/h5-14,19H,3-4,15-17H2,1-2H3,(H,28,35)/t19-/m1/s1. The number of hydrogen-bond donors (Lipinski definition) is 1. The highest BCUT2D eigenvalue weighted by atomic mass is 35.5. The van der Waals surface area contributed by atoms with E-state index < -0.39 is 5.97 Å². The molecule has 188 valence electrons. The van der Waals surface area contributed by atoms with E-state index >= 15 is 0 Å². The third-order valence-electron chi connectivity index (χ3n) is 6.08. The van der Waals surface area contributed by atoms with Crippen molar-refractivity contribution in [1.29, 1.82) is 0 Å². The third-order valence-corrected chi connectivity index (χ3v) is 6.39. The largest absolute Gasteiger partial charge is 0.465 e. The second kappa shape index (κ2) is 11.3. The lowest BCUT2D eigenvalue weighted by Crippen LogP contribution is -2.50. The van der Waals surface area contributed by atoms with E-state index in [0.29, 0.717) is 29.2 Å². The molecular formula is C26H28ClN5O4. The number of fused-ring (bicyclic) bond motifs is 1. The van der Waals surface area contributed by atoms with Gasteiger partial charge in [-0.05, 0) is 49.2 Å². The Morgan fingerprint density at radius 1 is 1.14 bits per heavy atom. The lowest BCUT2D eigenvalue weighted by molar-refractivity contribution is -0.141. The zero-order valence-corrected chi connectivity index (χ0v) is 20.9. The normalized spacial score (nSPS) is 15.1. The first-order valence-corrected chi connectivity index (χ1v) is 12.2. The Labute approximate surface area is 214 Å². The number of ether oxygens (including phenoxy) is 1. The highest BCUT2D eigenvalue weighted by Gasteiger charge is 2.33. The predicted molar refractivity (Wildman–Crippen MR) is 136 cm³/mol. The van der Waals surface area contributed by atoms with Crippen LogP contribution in [0.15, 0.2) is 60.9 Å². The van der Waals surface area contributed by atoms with E-state index in [-0.39, 0.29) is 37.7 Å². The smallest absolute Gasteiger partial charge is 0.325 e. The first kappa shape index (κ1) is 25.2. The van der Waals surface area contributed by atoms with Crippen LogP contribution in [0.4, 0.5) is 10.5 Å². The zero-order valence-electron chi connectivity index (χ0n) is 20.2. The average Bonchev–Trinajstić information content (AvgIpc) is 3.36. The Morgan fingerprint density at radius 2 is 1.94 bits per heavy atom. The molecule has 0 radical (unpaired) electrons. The average molecular weight is 510 g/mol. The number of rotatable bonds is 6. The van der Waals surface area contributed by atoms with Crippen LogP contribution in [0.2, 0.25) is 5.02 Å².